The third kappa shape index (κ3) is 5.30. The van der Waals surface area contributed by atoms with Crippen molar-refractivity contribution in [2.45, 2.75) is 58.4 Å². The zero-order valence-corrected chi connectivity index (χ0v) is 17.9. The van der Waals surface area contributed by atoms with Gasteiger partial charge in [0, 0.05) is 31.2 Å². The van der Waals surface area contributed by atoms with E-state index in [-0.39, 0.29) is 16.8 Å². The van der Waals surface area contributed by atoms with Crippen molar-refractivity contribution in [3.8, 4) is 0 Å². The molecule has 1 saturated heterocycles. The molecular weight excluding hydrogens is 362 g/mol. The smallest absolute Gasteiger partial charge is 0.251 e. The summed E-state index contributed by atoms with van der Waals surface area (Å²) < 4.78 is 27.9. The summed E-state index contributed by atoms with van der Waals surface area (Å²) in [4.78, 5) is 12.8. The normalized spacial score (nSPS) is 17.7. The van der Waals surface area contributed by atoms with Crippen molar-refractivity contribution in [3.63, 3.8) is 0 Å². The molecule has 27 heavy (non-hydrogen) atoms. The van der Waals surface area contributed by atoms with E-state index in [9.17, 15) is 13.2 Å². The van der Waals surface area contributed by atoms with E-state index in [2.05, 4.69) is 17.6 Å². The second-order valence-electron chi connectivity index (χ2n) is 7.67. The van der Waals surface area contributed by atoms with E-state index in [0.29, 0.717) is 36.7 Å². The van der Waals surface area contributed by atoms with Crippen LogP contribution in [0.5, 0.6) is 0 Å². The standard InChI is InChI=1S/C20H33N3O3S/c1-6-21-16(4)13-22-20(24)18-11-15(3)17(5)19(12-18)27(25,26)23-9-7-14(2)8-10-23/h11-12,14,16,21H,6-10,13H2,1-5H3,(H,22,24)/t16-/m1/s1. The number of rotatable bonds is 7. The van der Waals surface area contributed by atoms with E-state index >= 15 is 0 Å². The number of likely N-dealkylation sites (N-methyl/N-ethyl adjacent to an activating group) is 1. The number of benzene rings is 1. The Morgan fingerprint density at radius 1 is 1.26 bits per heavy atom. The van der Waals surface area contributed by atoms with Gasteiger partial charge in [-0.1, -0.05) is 13.8 Å². The van der Waals surface area contributed by atoms with E-state index in [4.69, 9.17) is 0 Å². The molecule has 0 bridgehead atoms. The average molecular weight is 396 g/mol. The SMILES string of the molecule is CCN[C@H](C)CNC(=O)c1cc(C)c(C)c(S(=O)(=O)N2CCC(C)CC2)c1. The number of carbonyl (C=O) groups excluding carboxylic acids is 1. The Morgan fingerprint density at radius 3 is 2.48 bits per heavy atom. The summed E-state index contributed by atoms with van der Waals surface area (Å²) >= 11 is 0. The zero-order chi connectivity index (χ0) is 20.2. The molecular formula is C20H33N3O3S. The minimum Gasteiger partial charge on any atom is -0.350 e. The van der Waals surface area contributed by atoms with Crippen molar-refractivity contribution in [1.82, 2.24) is 14.9 Å². The fourth-order valence-corrected chi connectivity index (χ4v) is 5.15. The molecule has 1 heterocycles. The maximum atomic E-state index is 13.2. The molecule has 1 aromatic rings. The third-order valence-corrected chi connectivity index (χ3v) is 7.39. The van der Waals surface area contributed by atoms with Crippen LogP contribution in [0.2, 0.25) is 0 Å². The molecule has 6 nitrogen and oxygen atoms in total. The lowest BCUT2D eigenvalue weighted by Crippen LogP contribution is -2.39. The zero-order valence-electron chi connectivity index (χ0n) is 17.1. The quantitative estimate of drug-likeness (QED) is 0.743. The molecule has 1 fully saturated rings. The Morgan fingerprint density at radius 2 is 1.89 bits per heavy atom. The fraction of sp³-hybridized carbons (Fsp3) is 0.650. The van der Waals surface area contributed by atoms with Crippen molar-refractivity contribution in [3.05, 3.63) is 28.8 Å². The Bertz CT molecular complexity index is 769. The first-order chi connectivity index (χ1) is 12.7. The monoisotopic (exact) mass is 395 g/mol. The van der Waals surface area contributed by atoms with Crippen molar-refractivity contribution in [1.29, 1.82) is 0 Å². The minimum atomic E-state index is -3.59. The summed E-state index contributed by atoms with van der Waals surface area (Å²) in [5.74, 6) is 0.307. The highest BCUT2D eigenvalue weighted by Gasteiger charge is 2.30. The highest BCUT2D eigenvalue weighted by Crippen LogP contribution is 2.28. The third-order valence-electron chi connectivity index (χ3n) is 5.36. The molecule has 1 amide bonds. The largest absolute Gasteiger partial charge is 0.350 e. The number of nitrogens with zero attached hydrogens (tertiary/aromatic N) is 1. The van der Waals surface area contributed by atoms with E-state index in [1.807, 2.05) is 27.7 Å². The summed E-state index contributed by atoms with van der Waals surface area (Å²) in [7, 11) is -3.59. The second-order valence-corrected chi connectivity index (χ2v) is 9.58. The molecule has 1 aliphatic rings. The predicted molar refractivity (Wildman–Crippen MR) is 109 cm³/mol. The topological polar surface area (TPSA) is 78.5 Å². The van der Waals surface area contributed by atoms with Gasteiger partial charge in [0.1, 0.15) is 0 Å². The lowest BCUT2D eigenvalue weighted by Gasteiger charge is -2.30. The van der Waals surface area contributed by atoms with Crippen LogP contribution in [0.3, 0.4) is 0 Å². The van der Waals surface area contributed by atoms with E-state index in [0.717, 1.165) is 24.9 Å². The molecule has 1 aromatic carbocycles. The van der Waals surface area contributed by atoms with Crippen LogP contribution < -0.4 is 10.6 Å². The number of aryl methyl sites for hydroxylation is 1. The molecule has 0 saturated carbocycles. The van der Waals surface area contributed by atoms with Gasteiger partial charge in [0.15, 0.2) is 0 Å². The van der Waals surface area contributed by atoms with Crippen molar-refractivity contribution >= 4 is 15.9 Å². The summed E-state index contributed by atoms with van der Waals surface area (Å²) in [6.07, 6.45) is 1.75. The number of amides is 1. The first-order valence-corrected chi connectivity index (χ1v) is 11.2. The van der Waals surface area contributed by atoms with Crippen molar-refractivity contribution in [2.75, 3.05) is 26.2 Å². The number of nitrogens with one attached hydrogen (secondary N) is 2. The second kappa shape index (κ2) is 9.17. The minimum absolute atomic E-state index is 0.157. The molecule has 0 aromatic heterocycles. The first kappa shape index (κ1) is 21.9. The summed E-state index contributed by atoms with van der Waals surface area (Å²) in [5, 5.41) is 6.12. The van der Waals surface area contributed by atoms with Gasteiger partial charge in [-0.2, -0.15) is 4.31 Å². The van der Waals surface area contributed by atoms with Gasteiger partial charge in [-0.25, -0.2) is 8.42 Å². The molecule has 0 radical (unpaired) electrons. The predicted octanol–water partition coefficient (Wildman–Crippen LogP) is 2.45. The van der Waals surface area contributed by atoms with Gasteiger partial charge in [0.05, 0.1) is 4.90 Å². The molecule has 0 aliphatic carbocycles. The van der Waals surface area contributed by atoms with Gasteiger partial charge in [-0.3, -0.25) is 4.79 Å². The maximum Gasteiger partial charge on any atom is 0.251 e. The van der Waals surface area contributed by atoms with E-state index < -0.39 is 10.0 Å². The Labute approximate surface area is 163 Å². The highest BCUT2D eigenvalue weighted by atomic mass is 32.2. The number of hydrogen-bond donors (Lipinski definition) is 2. The highest BCUT2D eigenvalue weighted by molar-refractivity contribution is 7.89. The number of hydrogen-bond acceptors (Lipinski definition) is 4. The van der Waals surface area contributed by atoms with Gasteiger partial charge in [-0.05, 0) is 69.3 Å². The Kier molecular flexibility index (Phi) is 7.42. The molecule has 2 rings (SSSR count). The van der Waals surface area contributed by atoms with Crippen LogP contribution in [0.1, 0.15) is 55.1 Å². The van der Waals surface area contributed by atoms with Crippen LogP contribution in [0.25, 0.3) is 0 Å². The van der Waals surface area contributed by atoms with Crippen LogP contribution in [0.4, 0.5) is 0 Å². The van der Waals surface area contributed by atoms with Crippen LogP contribution in [0, 0.1) is 19.8 Å². The average Bonchev–Trinajstić information content (AvgIpc) is 2.62. The number of carbonyl (C=O) groups is 1. The van der Waals surface area contributed by atoms with Gasteiger partial charge < -0.3 is 10.6 Å². The molecule has 7 heteroatoms. The molecule has 1 aliphatic heterocycles. The van der Waals surface area contributed by atoms with Crippen LogP contribution >= 0.6 is 0 Å². The molecule has 1 atom stereocenters. The number of sulfonamides is 1. The summed E-state index contributed by atoms with van der Waals surface area (Å²) in [6, 6.07) is 3.45. The first-order valence-electron chi connectivity index (χ1n) is 9.79. The van der Waals surface area contributed by atoms with Gasteiger partial charge in [0.2, 0.25) is 10.0 Å². The maximum absolute atomic E-state index is 13.2. The summed E-state index contributed by atoms with van der Waals surface area (Å²) in [6.45, 7) is 12.2. The number of piperidine rings is 1. The van der Waals surface area contributed by atoms with Crippen molar-refractivity contribution in [2.24, 2.45) is 5.92 Å². The fourth-order valence-electron chi connectivity index (χ4n) is 3.36. The molecule has 2 N–H and O–H groups in total. The van der Waals surface area contributed by atoms with Crippen LogP contribution in [0.15, 0.2) is 17.0 Å². The lowest BCUT2D eigenvalue weighted by atomic mass is 10.0. The molecule has 0 unspecified atom stereocenters. The van der Waals surface area contributed by atoms with E-state index in [1.54, 1.807) is 10.4 Å². The lowest BCUT2D eigenvalue weighted by molar-refractivity contribution is 0.0950. The van der Waals surface area contributed by atoms with Gasteiger partial charge in [-0.15, -0.1) is 0 Å². The molecule has 0 spiro atoms. The Hall–Kier alpha value is -1.44. The summed E-state index contributed by atoms with van der Waals surface area (Å²) in [5.41, 5.74) is 1.92. The van der Waals surface area contributed by atoms with Crippen LogP contribution in [-0.4, -0.2) is 50.9 Å². The van der Waals surface area contributed by atoms with E-state index in [1.165, 1.54) is 6.07 Å². The van der Waals surface area contributed by atoms with Crippen molar-refractivity contribution < 1.29 is 13.2 Å². The van der Waals surface area contributed by atoms with Crippen LogP contribution in [-0.2, 0) is 10.0 Å². The van der Waals surface area contributed by atoms with Gasteiger partial charge >= 0.3 is 0 Å². The van der Waals surface area contributed by atoms with Gasteiger partial charge in [0.25, 0.3) is 5.91 Å². The molecule has 152 valence electrons. The Balaban J connectivity index is 2.26.